The lowest BCUT2D eigenvalue weighted by Crippen LogP contribution is -2.45. The molecule has 1 heterocycles. The number of carboxylic acids is 1. The number of fused-ring (bicyclic) bond motifs is 1. The van der Waals surface area contributed by atoms with Gasteiger partial charge in [-0.1, -0.05) is 12.1 Å². The van der Waals surface area contributed by atoms with Gasteiger partial charge in [0.2, 0.25) is 5.91 Å². The second-order valence-corrected chi connectivity index (χ2v) is 8.85. The summed E-state index contributed by atoms with van der Waals surface area (Å²) in [5.41, 5.74) is 3.58. The molecule has 2 aromatic rings. The van der Waals surface area contributed by atoms with E-state index >= 15 is 0 Å². The Morgan fingerprint density at radius 1 is 1.20 bits per heavy atom. The summed E-state index contributed by atoms with van der Waals surface area (Å²) in [6.45, 7) is 2.35. The van der Waals surface area contributed by atoms with Crippen LogP contribution in [0.4, 0.5) is 18.9 Å². The summed E-state index contributed by atoms with van der Waals surface area (Å²) in [4.78, 5) is 25.5. The van der Waals surface area contributed by atoms with Crippen LogP contribution in [0.1, 0.15) is 47.4 Å². The van der Waals surface area contributed by atoms with E-state index in [1.165, 1.54) is 6.07 Å². The molecule has 1 saturated carbocycles. The molecule has 4 rings (SSSR count). The van der Waals surface area contributed by atoms with Crippen molar-refractivity contribution in [2.24, 2.45) is 0 Å². The number of nitrogens with one attached hydrogen (secondary N) is 1. The number of carbonyl (C=O) groups excluding carboxylic acids is 1. The van der Waals surface area contributed by atoms with Crippen LogP contribution in [-0.4, -0.2) is 43.0 Å². The van der Waals surface area contributed by atoms with Gasteiger partial charge >= 0.3 is 12.3 Å². The van der Waals surface area contributed by atoms with Crippen LogP contribution >= 0.6 is 0 Å². The van der Waals surface area contributed by atoms with Gasteiger partial charge in [0.05, 0.1) is 12.5 Å². The summed E-state index contributed by atoms with van der Waals surface area (Å²) >= 11 is 0. The SMILES string of the molecule is CN[C@H](CC(=O)O)C(=O)N1CCc2c1ccc(OCc1ccc(C3CC3)c(OC(F)(F)F)c1)c2C. The summed E-state index contributed by atoms with van der Waals surface area (Å²) in [5, 5.41) is 11.8. The Labute approximate surface area is 200 Å². The van der Waals surface area contributed by atoms with Gasteiger partial charge in [0, 0.05) is 12.2 Å². The largest absolute Gasteiger partial charge is 0.573 e. The van der Waals surface area contributed by atoms with Crippen LogP contribution in [0, 0.1) is 6.92 Å². The zero-order valence-corrected chi connectivity index (χ0v) is 19.4. The second-order valence-electron chi connectivity index (χ2n) is 8.85. The zero-order valence-electron chi connectivity index (χ0n) is 19.4. The van der Waals surface area contributed by atoms with E-state index in [0.717, 1.165) is 24.0 Å². The first-order valence-corrected chi connectivity index (χ1v) is 11.4. The van der Waals surface area contributed by atoms with E-state index < -0.39 is 18.4 Å². The van der Waals surface area contributed by atoms with E-state index in [1.54, 1.807) is 36.2 Å². The van der Waals surface area contributed by atoms with Crippen molar-refractivity contribution >= 4 is 17.6 Å². The summed E-state index contributed by atoms with van der Waals surface area (Å²) < 4.78 is 48.8. The lowest BCUT2D eigenvalue weighted by molar-refractivity contribution is -0.274. The fourth-order valence-electron chi connectivity index (χ4n) is 4.47. The van der Waals surface area contributed by atoms with Crippen molar-refractivity contribution in [3.8, 4) is 11.5 Å². The lowest BCUT2D eigenvalue weighted by Gasteiger charge is -2.23. The van der Waals surface area contributed by atoms with Crippen LogP contribution < -0.4 is 19.7 Å². The number of halogens is 3. The number of amides is 1. The van der Waals surface area contributed by atoms with E-state index in [9.17, 15) is 22.8 Å². The number of aliphatic carboxylic acids is 1. The molecule has 188 valence electrons. The predicted molar refractivity (Wildman–Crippen MR) is 122 cm³/mol. The van der Waals surface area contributed by atoms with Crippen LogP contribution in [0.25, 0.3) is 0 Å². The number of hydrogen-bond acceptors (Lipinski definition) is 5. The van der Waals surface area contributed by atoms with Gasteiger partial charge in [0.25, 0.3) is 0 Å². The summed E-state index contributed by atoms with van der Waals surface area (Å²) in [7, 11) is 1.55. The Bertz CT molecular complexity index is 1130. The maximum Gasteiger partial charge on any atom is 0.573 e. The molecule has 2 aliphatic rings. The van der Waals surface area contributed by atoms with Gasteiger partial charge < -0.3 is 24.8 Å². The van der Waals surface area contributed by atoms with E-state index in [4.69, 9.17) is 9.84 Å². The number of benzene rings is 2. The van der Waals surface area contributed by atoms with Gasteiger partial charge in [0.15, 0.2) is 0 Å². The number of nitrogens with zero attached hydrogens (tertiary/aromatic N) is 1. The van der Waals surface area contributed by atoms with Gasteiger partial charge in [-0.2, -0.15) is 0 Å². The predicted octanol–water partition coefficient (Wildman–Crippen LogP) is 4.30. The Kier molecular flexibility index (Phi) is 6.93. The number of likely N-dealkylation sites (N-methyl/N-ethyl adjacent to an activating group) is 1. The van der Waals surface area contributed by atoms with Gasteiger partial charge in [-0.15, -0.1) is 13.2 Å². The molecule has 1 aliphatic heterocycles. The lowest BCUT2D eigenvalue weighted by atomic mass is 10.0. The molecule has 0 aromatic heterocycles. The molecule has 1 atom stereocenters. The first-order chi connectivity index (χ1) is 16.6. The Morgan fingerprint density at radius 2 is 1.94 bits per heavy atom. The number of alkyl halides is 3. The molecular weight excluding hydrogens is 465 g/mol. The zero-order chi connectivity index (χ0) is 25.3. The van der Waals surface area contributed by atoms with E-state index in [0.29, 0.717) is 35.5 Å². The molecule has 1 fully saturated rings. The van der Waals surface area contributed by atoms with Crippen molar-refractivity contribution in [3.63, 3.8) is 0 Å². The number of carboxylic acid groups (broad SMARTS) is 1. The second kappa shape index (κ2) is 9.77. The van der Waals surface area contributed by atoms with Crippen molar-refractivity contribution in [1.82, 2.24) is 5.32 Å². The molecule has 2 aromatic carbocycles. The third-order valence-corrected chi connectivity index (χ3v) is 6.41. The summed E-state index contributed by atoms with van der Waals surface area (Å²) in [5.74, 6) is -0.884. The molecule has 2 N–H and O–H groups in total. The maximum absolute atomic E-state index is 12.9. The van der Waals surface area contributed by atoms with Gasteiger partial charge in [-0.05, 0) is 79.6 Å². The Balaban J connectivity index is 1.49. The number of carbonyl (C=O) groups is 2. The first kappa shape index (κ1) is 24.8. The molecule has 1 amide bonds. The Morgan fingerprint density at radius 3 is 2.57 bits per heavy atom. The molecule has 0 spiro atoms. The van der Waals surface area contributed by atoms with Crippen molar-refractivity contribution < 1.29 is 37.3 Å². The Hall–Kier alpha value is -3.27. The minimum Gasteiger partial charge on any atom is -0.489 e. The molecule has 10 heteroatoms. The summed E-state index contributed by atoms with van der Waals surface area (Å²) in [6.07, 6.45) is -2.79. The number of ether oxygens (including phenoxy) is 2. The fraction of sp³-hybridized carbons (Fsp3) is 0.440. The van der Waals surface area contributed by atoms with E-state index in [2.05, 4.69) is 10.1 Å². The molecule has 0 saturated heterocycles. The van der Waals surface area contributed by atoms with Crippen molar-refractivity contribution in [2.45, 2.75) is 57.5 Å². The number of rotatable bonds is 9. The monoisotopic (exact) mass is 492 g/mol. The number of hydrogen-bond donors (Lipinski definition) is 2. The molecular formula is C25H27F3N2O5. The average Bonchev–Trinajstić information content (AvgIpc) is 3.53. The van der Waals surface area contributed by atoms with Crippen LogP contribution in [0.15, 0.2) is 30.3 Å². The quantitative estimate of drug-likeness (QED) is 0.543. The smallest absolute Gasteiger partial charge is 0.489 e. The molecule has 7 nitrogen and oxygen atoms in total. The highest BCUT2D eigenvalue weighted by molar-refractivity contribution is 6.00. The molecule has 35 heavy (non-hydrogen) atoms. The highest BCUT2D eigenvalue weighted by atomic mass is 19.4. The van der Waals surface area contributed by atoms with Crippen LogP contribution in [0.5, 0.6) is 11.5 Å². The van der Waals surface area contributed by atoms with Crippen LogP contribution in [0.3, 0.4) is 0 Å². The number of anilines is 1. The topological polar surface area (TPSA) is 88.1 Å². The van der Waals surface area contributed by atoms with Crippen molar-refractivity contribution in [3.05, 3.63) is 52.6 Å². The molecule has 1 aliphatic carbocycles. The minimum absolute atomic E-state index is 0.0574. The van der Waals surface area contributed by atoms with Crippen LogP contribution in [-0.2, 0) is 22.6 Å². The third-order valence-electron chi connectivity index (χ3n) is 6.41. The van der Waals surface area contributed by atoms with E-state index in [1.807, 2.05) is 6.92 Å². The van der Waals surface area contributed by atoms with Gasteiger partial charge in [-0.3, -0.25) is 9.59 Å². The van der Waals surface area contributed by atoms with E-state index in [-0.39, 0.29) is 30.6 Å². The van der Waals surface area contributed by atoms with Gasteiger partial charge in [0.1, 0.15) is 18.1 Å². The molecule has 0 unspecified atom stereocenters. The highest BCUT2D eigenvalue weighted by Crippen LogP contribution is 2.45. The van der Waals surface area contributed by atoms with Crippen LogP contribution in [0.2, 0.25) is 0 Å². The summed E-state index contributed by atoms with van der Waals surface area (Å²) in [6, 6.07) is 7.44. The van der Waals surface area contributed by atoms with Crippen molar-refractivity contribution in [1.29, 1.82) is 0 Å². The first-order valence-electron chi connectivity index (χ1n) is 11.4. The minimum atomic E-state index is -4.76. The molecule has 0 bridgehead atoms. The average molecular weight is 492 g/mol. The van der Waals surface area contributed by atoms with Gasteiger partial charge in [-0.25, -0.2) is 0 Å². The highest BCUT2D eigenvalue weighted by Gasteiger charge is 2.35. The normalized spacial score (nSPS) is 16.1. The third kappa shape index (κ3) is 5.70. The van der Waals surface area contributed by atoms with Crippen molar-refractivity contribution in [2.75, 3.05) is 18.5 Å². The fourth-order valence-corrected chi connectivity index (χ4v) is 4.47. The standard InChI is InChI=1S/C25H27F3N2O5/c1-14-17-9-10-30(24(33)19(29-2)12-23(31)32)20(17)7-8-21(14)34-13-15-3-6-18(16-4-5-16)22(11-15)35-25(26,27)28/h3,6-8,11,16,19,29H,4-5,9-10,12-13H2,1-2H3,(H,31,32)/t19-/m1/s1. The maximum atomic E-state index is 12.9. The molecule has 0 radical (unpaired) electrons.